The van der Waals surface area contributed by atoms with Crippen molar-refractivity contribution < 1.29 is 14.4 Å². The van der Waals surface area contributed by atoms with Crippen LogP contribution in [-0.4, -0.2) is 29.6 Å². The topological polar surface area (TPSA) is 93.4 Å². The molecule has 0 aliphatic rings. The van der Waals surface area contributed by atoms with E-state index in [1.165, 1.54) is 16.2 Å². The second kappa shape index (κ2) is 9.08. The molecule has 2 rings (SSSR count). The van der Waals surface area contributed by atoms with E-state index in [2.05, 4.69) is 4.98 Å². The number of hydrogen-bond donors (Lipinski definition) is 1. The molecule has 0 saturated carbocycles. The maximum atomic E-state index is 12.2. The van der Waals surface area contributed by atoms with Crippen LogP contribution >= 0.6 is 11.3 Å². The van der Waals surface area contributed by atoms with E-state index in [1.807, 2.05) is 35.7 Å². The molecule has 0 spiro atoms. The molecule has 2 amide bonds. The number of primary amides is 1. The number of hydrogen-bond acceptors (Lipinski definition) is 5. The second-order valence-corrected chi connectivity index (χ2v) is 6.53. The fraction of sp³-hybridized carbons (Fsp3) is 0.333. The summed E-state index contributed by atoms with van der Waals surface area (Å²) in [5.74, 6) is -1.36. The largest absolute Gasteiger partial charge is 0.370 e. The van der Waals surface area contributed by atoms with E-state index in [9.17, 15) is 14.4 Å². The van der Waals surface area contributed by atoms with Crippen molar-refractivity contribution in [1.29, 1.82) is 0 Å². The summed E-state index contributed by atoms with van der Waals surface area (Å²) in [7, 11) is 1.56. The number of nitrogens with two attached hydrogens (primary N) is 1. The number of benzene rings is 1. The first-order chi connectivity index (χ1) is 12.0. The minimum atomic E-state index is -0.566. The molecular weight excluding hydrogens is 338 g/mol. The van der Waals surface area contributed by atoms with E-state index in [1.54, 1.807) is 7.05 Å². The number of likely N-dealkylation sites (N-methyl/N-ethyl adjacent to an activating group) is 1. The maximum Gasteiger partial charge on any atom is 0.295 e. The summed E-state index contributed by atoms with van der Waals surface area (Å²) in [6.07, 6.45) is 2.38. The molecule has 2 aromatic rings. The molecule has 1 aromatic heterocycles. The van der Waals surface area contributed by atoms with Crippen molar-refractivity contribution in [3.8, 4) is 11.3 Å². The van der Waals surface area contributed by atoms with Crippen molar-refractivity contribution in [2.24, 2.45) is 5.73 Å². The number of anilines is 1. The van der Waals surface area contributed by atoms with Crippen LogP contribution in [0.2, 0.25) is 0 Å². The van der Waals surface area contributed by atoms with Gasteiger partial charge in [-0.3, -0.25) is 19.3 Å². The fourth-order valence-electron chi connectivity index (χ4n) is 2.30. The van der Waals surface area contributed by atoms with Crippen molar-refractivity contribution >= 4 is 34.1 Å². The van der Waals surface area contributed by atoms with E-state index >= 15 is 0 Å². The van der Waals surface area contributed by atoms with Gasteiger partial charge in [0.15, 0.2) is 5.13 Å². The van der Waals surface area contributed by atoms with Crippen molar-refractivity contribution in [2.75, 3.05) is 11.9 Å². The predicted octanol–water partition coefficient (Wildman–Crippen LogP) is 2.78. The summed E-state index contributed by atoms with van der Waals surface area (Å²) in [4.78, 5) is 40.6. The highest BCUT2D eigenvalue weighted by atomic mass is 32.1. The molecule has 0 bridgehead atoms. The molecule has 0 fully saturated rings. The molecule has 0 saturated heterocycles. The van der Waals surface area contributed by atoms with Gasteiger partial charge in [-0.25, -0.2) is 4.98 Å². The SMILES string of the molecule is CN(C(=O)C(=O)CCCCCC(N)=O)c1nc(-c2ccccc2)cs1. The van der Waals surface area contributed by atoms with Gasteiger partial charge in [-0.1, -0.05) is 36.8 Å². The van der Waals surface area contributed by atoms with E-state index in [0.29, 0.717) is 30.8 Å². The highest BCUT2D eigenvalue weighted by molar-refractivity contribution is 7.14. The first-order valence-electron chi connectivity index (χ1n) is 8.09. The Balaban J connectivity index is 1.88. The van der Waals surface area contributed by atoms with Gasteiger partial charge in [0.2, 0.25) is 11.7 Å². The average molecular weight is 359 g/mol. The number of Topliss-reactive ketones (excluding diaryl/α,β-unsaturated/α-hetero) is 1. The Kier molecular flexibility index (Phi) is 6.82. The Morgan fingerprint density at radius 1 is 1.08 bits per heavy atom. The van der Waals surface area contributed by atoms with Gasteiger partial charge in [0.05, 0.1) is 5.69 Å². The number of nitrogens with zero attached hydrogens (tertiary/aromatic N) is 2. The maximum absolute atomic E-state index is 12.2. The molecular formula is C18H21N3O3S. The van der Waals surface area contributed by atoms with Crippen molar-refractivity contribution in [3.05, 3.63) is 35.7 Å². The minimum Gasteiger partial charge on any atom is -0.370 e. The van der Waals surface area contributed by atoms with Gasteiger partial charge >= 0.3 is 0 Å². The van der Waals surface area contributed by atoms with Gasteiger partial charge in [-0.15, -0.1) is 11.3 Å². The van der Waals surface area contributed by atoms with Crippen LogP contribution in [0.5, 0.6) is 0 Å². The van der Waals surface area contributed by atoms with E-state index in [4.69, 9.17) is 5.73 Å². The normalized spacial score (nSPS) is 10.4. The standard InChI is InChI=1S/C18H21N3O3S/c1-21(17(24)15(22)10-6-3-7-11-16(19)23)18-20-14(12-25-18)13-8-4-2-5-9-13/h2,4-5,8-9,12H,3,6-7,10-11H2,1H3,(H2,19,23). The number of aromatic nitrogens is 1. The lowest BCUT2D eigenvalue weighted by Gasteiger charge is -2.12. The van der Waals surface area contributed by atoms with Gasteiger partial charge in [0.1, 0.15) is 0 Å². The summed E-state index contributed by atoms with van der Waals surface area (Å²) in [5.41, 5.74) is 6.80. The average Bonchev–Trinajstić information content (AvgIpc) is 3.10. The second-order valence-electron chi connectivity index (χ2n) is 5.70. The lowest BCUT2D eigenvalue weighted by atomic mass is 10.1. The molecule has 1 heterocycles. The van der Waals surface area contributed by atoms with E-state index in [-0.39, 0.29) is 12.3 Å². The molecule has 0 aliphatic carbocycles. The minimum absolute atomic E-state index is 0.166. The Hall–Kier alpha value is -2.54. The quantitative estimate of drug-likeness (QED) is 0.550. The number of ketones is 1. The van der Waals surface area contributed by atoms with Crippen LogP contribution in [0.3, 0.4) is 0 Å². The molecule has 7 heteroatoms. The van der Waals surface area contributed by atoms with E-state index < -0.39 is 11.7 Å². The molecule has 2 N–H and O–H groups in total. The summed E-state index contributed by atoms with van der Waals surface area (Å²) >= 11 is 1.32. The van der Waals surface area contributed by atoms with Gasteiger partial charge in [-0.2, -0.15) is 0 Å². The smallest absolute Gasteiger partial charge is 0.295 e. The van der Waals surface area contributed by atoms with Crippen LogP contribution in [0.25, 0.3) is 11.3 Å². The van der Waals surface area contributed by atoms with Crippen molar-refractivity contribution in [3.63, 3.8) is 0 Å². The number of carbonyl (C=O) groups is 3. The first kappa shape index (κ1) is 18.8. The Morgan fingerprint density at radius 2 is 1.76 bits per heavy atom. The third-order valence-corrected chi connectivity index (χ3v) is 4.64. The van der Waals surface area contributed by atoms with Crippen LogP contribution in [0, 0.1) is 0 Å². The highest BCUT2D eigenvalue weighted by Gasteiger charge is 2.21. The van der Waals surface area contributed by atoms with Crippen molar-refractivity contribution in [2.45, 2.75) is 32.1 Å². The van der Waals surface area contributed by atoms with Gasteiger partial charge in [0, 0.05) is 30.8 Å². The fourth-order valence-corrected chi connectivity index (χ4v) is 3.10. The molecule has 0 unspecified atom stereocenters. The van der Waals surface area contributed by atoms with Crippen LogP contribution in [-0.2, 0) is 14.4 Å². The van der Waals surface area contributed by atoms with Crippen LogP contribution in [0.15, 0.2) is 35.7 Å². The molecule has 132 valence electrons. The zero-order valence-corrected chi connectivity index (χ0v) is 14.9. The lowest BCUT2D eigenvalue weighted by Crippen LogP contribution is -2.33. The number of thiazole rings is 1. The third kappa shape index (κ3) is 5.49. The zero-order valence-electron chi connectivity index (χ0n) is 14.1. The summed E-state index contributed by atoms with van der Waals surface area (Å²) in [6, 6.07) is 9.65. The zero-order chi connectivity index (χ0) is 18.2. The molecule has 0 radical (unpaired) electrons. The van der Waals surface area contributed by atoms with Crippen LogP contribution in [0.1, 0.15) is 32.1 Å². The van der Waals surface area contributed by atoms with Gasteiger partial charge in [0.25, 0.3) is 5.91 Å². The van der Waals surface area contributed by atoms with Crippen LogP contribution in [0.4, 0.5) is 5.13 Å². The summed E-state index contributed by atoms with van der Waals surface area (Å²) in [6.45, 7) is 0. The molecule has 0 atom stereocenters. The van der Waals surface area contributed by atoms with E-state index in [0.717, 1.165) is 11.3 Å². The highest BCUT2D eigenvalue weighted by Crippen LogP contribution is 2.26. The summed E-state index contributed by atoms with van der Waals surface area (Å²) in [5, 5.41) is 2.36. The van der Waals surface area contributed by atoms with Crippen LogP contribution < -0.4 is 10.6 Å². The third-order valence-electron chi connectivity index (χ3n) is 3.72. The Labute approximate surface area is 150 Å². The molecule has 0 aliphatic heterocycles. The number of unbranched alkanes of at least 4 members (excludes halogenated alkanes) is 2. The summed E-state index contributed by atoms with van der Waals surface area (Å²) < 4.78 is 0. The monoisotopic (exact) mass is 359 g/mol. The predicted molar refractivity (Wildman–Crippen MR) is 98.2 cm³/mol. The Bertz CT molecular complexity index is 743. The number of carbonyl (C=O) groups excluding carboxylic acids is 3. The van der Waals surface area contributed by atoms with Gasteiger partial charge in [-0.05, 0) is 12.8 Å². The molecule has 1 aromatic carbocycles. The Morgan fingerprint density at radius 3 is 2.44 bits per heavy atom. The van der Waals surface area contributed by atoms with Gasteiger partial charge < -0.3 is 5.73 Å². The molecule has 25 heavy (non-hydrogen) atoms. The van der Waals surface area contributed by atoms with Crippen molar-refractivity contribution in [1.82, 2.24) is 4.98 Å². The first-order valence-corrected chi connectivity index (χ1v) is 8.97. The molecule has 6 nitrogen and oxygen atoms in total. The number of amides is 2. The number of rotatable bonds is 9. The lowest BCUT2D eigenvalue weighted by molar-refractivity contribution is -0.136.